The minimum atomic E-state index is -2.02. The van der Waals surface area contributed by atoms with Crippen molar-refractivity contribution in [1.82, 2.24) is 5.23 Å². The third-order valence-electron chi connectivity index (χ3n) is 5.41. The molecule has 2 heterocycles. The van der Waals surface area contributed by atoms with Gasteiger partial charge in [0.25, 0.3) is 0 Å². The van der Waals surface area contributed by atoms with Crippen LogP contribution in [0.2, 0.25) is 0 Å². The van der Waals surface area contributed by atoms with E-state index in [1.54, 1.807) is 0 Å². The molecule has 1 atom stereocenters. The minimum Gasteiger partial charge on any atom is -0.528 e. The van der Waals surface area contributed by atoms with E-state index in [1.807, 2.05) is 54.6 Å². The van der Waals surface area contributed by atoms with Gasteiger partial charge in [0.1, 0.15) is 0 Å². The van der Waals surface area contributed by atoms with Crippen molar-refractivity contribution in [2.24, 2.45) is 0 Å². The zero-order valence-corrected chi connectivity index (χ0v) is 15.0. The van der Waals surface area contributed by atoms with Crippen molar-refractivity contribution < 1.29 is 14.0 Å². The summed E-state index contributed by atoms with van der Waals surface area (Å²) in [5, 5.41) is 3.57. The molecule has 1 spiro atoms. The van der Waals surface area contributed by atoms with Gasteiger partial charge in [0, 0.05) is 19.3 Å². The van der Waals surface area contributed by atoms with Crippen LogP contribution in [0.3, 0.4) is 0 Å². The van der Waals surface area contributed by atoms with E-state index in [2.05, 4.69) is 41.6 Å². The Morgan fingerprint density at radius 1 is 0.704 bits per heavy atom. The Morgan fingerprint density at radius 2 is 1.19 bits per heavy atom. The third-order valence-corrected chi connectivity index (χ3v) is 5.41. The Balaban J connectivity index is 1.75. The maximum atomic E-state index is 6.74. The highest BCUT2D eigenvalue weighted by Crippen LogP contribution is 2.51. The molecule has 4 nitrogen and oxygen atoms in total. The van der Waals surface area contributed by atoms with Crippen molar-refractivity contribution in [3.05, 3.63) is 108 Å². The molecule has 3 aromatic rings. The summed E-state index contributed by atoms with van der Waals surface area (Å²) in [6.45, 7) is -0.975. The highest BCUT2D eigenvalue weighted by molar-refractivity contribution is 6.59. The molecule has 0 aliphatic carbocycles. The zero-order valence-electron chi connectivity index (χ0n) is 15.0. The first-order valence-corrected chi connectivity index (χ1v) is 9.38. The standard InChI is InChI=1S/C22H21BNO3/c1-4-10-18(11-5-1)21-22(19-12-6-2-7-13-19,20-14-8-3-9-15-20)27-23(24-21)25-16-17-26-23/h1-15,21,24H,16-17H2/q-1/t21-/m0/s1. The SMILES string of the molecule is c1ccc([C@@H]2N[B-]3(OCCO3)OC2(c2ccccc2)c2ccccc2)cc1. The normalized spacial score (nSPS) is 22.9. The van der Waals surface area contributed by atoms with Crippen molar-refractivity contribution in [1.29, 1.82) is 0 Å². The molecule has 0 amide bonds. The van der Waals surface area contributed by atoms with Gasteiger partial charge >= 0.3 is 6.89 Å². The number of rotatable bonds is 3. The van der Waals surface area contributed by atoms with Gasteiger partial charge in [-0.25, -0.2) is 0 Å². The maximum absolute atomic E-state index is 6.74. The average Bonchev–Trinajstić information content (AvgIpc) is 3.35. The molecule has 5 rings (SSSR count). The van der Waals surface area contributed by atoms with Crippen molar-refractivity contribution in [3.8, 4) is 0 Å². The maximum Gasteiger partial charge on any atom is 0.462 e. The molecular formula is C22H21BNO3-. The van der Waals surface area contributed by atoms with Gasteiger partial charge in [0.05, 0.1) is 5.60 Å². The van der Waals surface area contributed by atoms with Crippen molar-refractivity contribution in [2.75, 3.05) is 13.2 Å². The second-order valence-electron chi connectivity index (χ2n) is 6.98. The lowest BCUT2D eigenvalue weighted by Gasteiger charge is -2.40. The van der Waals surface area contributed by atoms with Gasteiger partial charge in [0.2, 0.25) is 0 Å². The molecule has 0 saturated carbocycles. The van der Waals surface area contributed by atoms with Crippen molar-refractivity contribution in [2.45, 2.75) is 11.6 Å². The lowest BCUT2D eigenvalue weighted by atomic mass is 9.78. The highest BCUT2D eigenvalue weighted by atomic mass is 16.8. The van der Waals surface area contributed by atoms with Crippen molar-refractivity contribution in [3.63, 3.8) is 0 Å². The number of nitrogens with one attached hydrogen (secondary N) is 1. The summed E-state index contributed by atoms with van der Waals surface area (Å²) in [6.07, 6.45) is 0. The van der Waals surface area contributed by atoms with E-state index < -0.39 is 12.5 Å². The van der Waals surface area contributed by atoms with Crippen LogP contribution in [-0.4, -0.2) is 20.1 Å². The van der Waals surface area contributed by atoms with Gasteiger partial charge in [-0.1, -0.05) is 91.0 Å². The molecule has 3 aromatic carbocycles. The molecule has 136 valence electrons. The molecule has 0 unspecified atom stereocenters. The van der Waals surface area contributed by atoms with Gasteiger partial charge < -0.3 is 19.2 Å². The fourth-order valence-corrected chi connectivity index (χ4v) is 4.27. The Hall–Kier alpha value is -2.44. The number of hydrogen-bond donors (Lipinski definition) is 1. The summed E-state index contributed by atoms with van der Waals surface area (Å²) in [6, 6.07) is 30.8. The van der Waals surface area contributed by atoms with Crippen LogP contribution in [0.15, 0.2) is 91.0 Å². The van der Waals surface area contributed by atoms with E-state index in [9.17, 15) is 0 Å². The molecule has 5 heteroatoms. The van der Waals surface area contributed by atoms with Gasteiger partial charge in [-0.15, -0.1) is 0 Å². The smallest absolute Gasteiger partial charge is 0.462 e. The Kier molecular flexibility index (Phi) is 4.10. The van der Waals surface area contributed by atoms with Crippen molar-refractivity contribution >= 4 is 6.89 Å². The minimum absolute atomic E-state index is 0.151. The van der Waals surface area contributed by atoms with Crippen LogP contribution in [0, 0.1) is 0 Å². The fourth-order valence-electron chi connectivity index (χ4n) is 4.27. The quantitative estimate of drug-likeness (QED) is 0.724. The third kappa shape index (κ3) is 2.71. The topological polar surface area (TPSA) is 39.7 Å². The first kappa shape index (κ1) is 16.7. The Morgan fingerprint density at radius 3 is 1.70 bits per heavy atom. The van der Waals surface area contributed by atoms with Crippen LogP contribution < -0.4 is 5.23 Å². The lowest BCUT2D eigenvalue weighted by Crippen LogP contribution is -2.50. The molecular weight excluding hydrogens is 337 g/mol. The van der Waals surface area contributed by atoms with Crippen LogP contribution in [0.25, 0.3) is 0 Å². The summed E-state index contributed by atoms with van der Waals surface area (Å²) in [7, 11) is 0. The molecule has 2 aliphatic rings. The molecule has 2 saturated heterocycles. The molecule has 0 aromatic heterocycles. The van der Waals surface area contributed by atoms with E-state index in [0.29, 0.717) is 13.2 Å². The van der Waals surface area contributed by atoms with Crippen LogP contribution in [-0.2, 0) is 19.6 Å². The fraction of sp³-hybridized carbons (Fsp3) is 0.182. The number of hydrogen-bond acceptors (Lipinski definition) is 4. The predicted molar refractivity (Wildman–Crippen MR) is 105 cm³/mol. The monoisotopic (exact) mass is 358 g/mol. The Bertz CT molecular complexity index is 859. The van der Waals surface area contributed by atoms with Gasteiger partial charge in [-0.3, -0.25) is 0 Å². The summed E-state index contributed by atoms with van der Waals surface area (Å²) in [5.41, 5.74) is 2.50. The summed E-state index contributed by atoms with van der Waals surface area (Å²) in [5.74, 6) is 0. The van der Waals surface area contributed by atoms with E-state index in [4.69, 9.17) is 14.0 Å². The van der Waals surface area contributed by atoms with Gasteiger partial charge in [0.15, 0.2) is 0 Å². The second kappa shape index (κ2) is 6.62. The summed E-state index contributed by atoms with van der Waals surface area (Å²) < 4.78 is 18.7. The average molecular weight is 358 g/mol. The molecule has 2 aliphatic heterocycles. The van der Waals surface area contributed by atoms with Gasteiger partial charge in [-0.2, -0.15) is 0 Å². The summed E-state index contributed by atoms with van der Waals surface area (Å²) >= 11 is 0. The molecule has 0 radical (unpaired) electrons. The first-order chi connectivity index (χ1) is 13.3. The van der Waals surface area contributed by atoms with Crippen LogP contribution in [0.4, 0.5) is 0 Å². The molecule has 2 fully saturated rings. The first-order valence-electron chi connectivity index (χ1n) is 9.38. The Labute approximate surface area is 159 Å². The van der Waals surface area contributed by atoms with E-state index in [1.165, 1.54) is 0 Å². The molecule has 1 N–H and O–H groups in total. The summed E-state index contributed by atoms with van der Waals surface area (Å²) in [4.78, 5) is 0. The van der Waals surface area contributed by atoms with Crippen LogP contribution in [0.5, 0.6) is 0 Å². The lowest BCUT2D eigenvalue weighted by molar-refractivity contribution is 0.0524. The van der Waals surface area contributed by atoms with E-state index >= 15 is 0 Å². The second-order valence-corrected chi connectivity index (χ2v) is 6.98. The highest BCUT2D eigenvalue weighted by Gasteiger charge is 2.56. The van der Waals surface area contributed by atoms with E-state index in [-0.39, 0.29) is 6.04 Å². The van der Waals surface area contributed by atoms with Crippen LogP contribution in [0.1, 0.15) is 22.7 Å². The van der Waals surface area contributed by atoms with E-state index in [0.717, 1.165) is 16.7 Å². The van der Waals surface area contributed by atoms with Crippen LogP contribution >= 0.6 is 0 Å². The largest absolute Gasteiger partial charge is 0.528 e. The molecule has 0 bridgehead atoms. The number of benzene rings is 3. The predicted octanol–water partition coefficient (Wildman–Crippen LogP) is 3.77. The van der Waals surface area contributed by atoms with Gasteiger partial charge in [-0.05, 0) is 16.7 Å². The zero-order chi connectivity index (χ0) is 18.2. The molecule has 27 heavy (non-hydrogen) atoms.